The average Bonchev–Trinajstić information content (AvgIpc) is 2.43. The van der Waals surface area contributed by atoms with E-state index in [2.05, 4.69) is 30.9 Å². The highest BCUT2D eigenvalue weighted by Crippen LogP contribution is 2.21. The first kappa shape index (κ1) is 10.1. The molecular weight excluding hydrogens is 266 g/mol. The number of amides is 1. The minimum Gasteiger partial charge on any atom is -0.369 e. The molecule has 1 saturated heterocycles. The van der Waals surface area contributed by atoms with Crippen molar-refractivity contribution in [3.63, 3.8) is 0 Å². The fourth-order valence-electron chi connectivity index (χ4n) is 1.37. The van der Waals surface area contributed by atoms with Gasteiger partial charge in [0.1, 0.15) is 0 Å². The molecule has 1 fully saturated rings. The van der Waals surface area contributed by atoms with E-state index in [0.29, 0.717) is 13.0 Å². The molecule has 1 aliphatic rings. The summed E-state index contributed by atoms with van der Waals surface area (Å²) >= 11 is 3.32. The number of nitrogens with two attached hydrogens (primary N) is 1. The molecule has 0 spiro atoms. The number of carbonyl (C=O) groups excluding carboxylic acids is 1. The van der Waals surface area contributed by atoms with Crippen LogP contribution in [-0.4, -0.2) is 32.2 Å². The summed E-state index contributed by atoms with van der Waals surface area (Å²) in [4.78, 5) is 33.5. The number of alkyl halides is 1. The highest BCUT2D eigenvalue weighted by molar-refractivity contribution is 9.09. The predicted molar refractivity (Wildman–Crippen MR) is 56.8 cm³/mol. The number of nitrogens with zero attached hydrogens (tertiary/aromatic N) is 3. The number of halogens is 1. The van der Waals surface area contributed by atoms with Gasteiger partial charge in [-0.1, -0.05) is 15.9 Å². The van der Waals surface area contributed by atoms with E-state index in [0.717, 1.165) is 0 Å². The summed E-state index contributed by atoms with van der Waals surface area (Å²) in [6.07, 6.45) is 0.371. The summed E-state index contributed by atoms with van der Waals surface area (Å²) < 4.78 is 0. The molecule has 3 N–H and O–H groups in total. The van der Waals surface area contributed by atoms with Gasteiger partial charge in [-0.2, -0.15) is 9.97 Å². The minimum absolute atomic E-state index is 0.0455. The van der Waals surface area contributed by atoms with Crippen molar-refractivity contribution < 1.29 is 4.79 Å². The Balaban J connectivity index is 2.37. The highest BCUT2D eigenvalue weighted by Gasteiger charge is 2.30. The quantitative estimate of drug-likeness (QED) is 0.655. The first-order valence-corrected chi connectivity index (χ1v) is 5.16. The molecule has 2 heterocycles. The molecule has 0 radical (unpaired) electrons. The summed E-state index contributed by atoms with van der Waals surface area (Å²) in [7, 11) is 0. The zero-order chi connectivity index (χ0) is 11.0. The molecule has 8 heteroatoms. The predicted octanol–water partition coefficient (Wildman–Crippen LogP) is -0.753. The van der Waals surface area contributed by atoms with Crippen LogP contribution in [0.1, 0.15) is 6.42 Å². The van der Waals surface area contributed by atoms with Crippen LogP contribution >= 0.6 is 15.9 Å². The molecule has 1 aromatic rings. The number of aromatic amines is 1. The second-order valence-electron chi connectivity index (χ2n) is 3.14. The number of rotatable bonds is 1. The fourth-order valence-corrected chi connectivity index (χ4v) is 1.93. The summed E-state index contributed by atoms with van der Waals surface area (Å²) in [5.74, 6) is -0.110. The van der Waals surface area contributed by atoms with Crippen LogP contribution in [0.2, 0.25) is 0 Å². The molecule has 1 aromatic heterocycles. The van der Waals surface area contributed by atoms with E-state index in [4.69, 9.17) is 5.73 Å². The molecule has 1 unspecified atom stereocenters. The number of carbonyl (C=O) groups is 1. The van der Waals surface area contributed by atoms with Gasteiger partial charge in [0.05, 0.1) is 0 Å². The Labute approximate surface area is 92.8 Å². The Kier molecular flexibility index (Phi) is 2.43. The van der Waals surface area contributed by atoms with Gasteiger partial charge in [0, 0.05) is 17.8 Å². The van der Waals surface area contributed by atoms with Gasteiger partial charge >= 0.3 is 5.69 Å². The van der Waals surface area contributed by atoms with E-state index in [1.165, 1.54) is 4.90 Å². The standard InChI is InChI=1S/C7H8BrN5O2/c8-3-1-4(14)13(2-3)6-10-5(9)11-7(15)12-6/h3H,1-2H2,(H3,9,10,11,12,15). The van der Waals surface area contributed by atoms with Gasteiger partial charge in [-0.25, -0.2) is 4.79 Å². The first-order chi connectivity index (χ1) is 7.06. The van der Waals surface area contributed by atoms with Crippen molar-refractivity contribution in [1.82, 2.24) is 15.0 Å². The van der Waals surface area contributed by atoms with E-state index < -0.39 is 5.69 Å². The van der Waals surface area contributed by atoms with Gasteiger partial charge in [0.2, 0.25) is 17.8 Å². The van der Waals surface area contributed by atoms with Gasteiger partial charge < -0.3 is 5.73 Å². The molecule has 1 atom stereocenters. The zero-order valence-corrected chi connectivity index (χ0v) is 9.19. The normalized spacial score (nSPS) is 21.0. The molecule has 15 heavy (non-hydrogen) atoms. The molecule has 1 amide bonds. The lowest BCUT2D eigenvalue weighted by Gasteiger charge is -2.12. The van der Waals surface area contributed by atoms with Crippen molar-refractivity contribution in [2.45, 2.75) is 11.2 Å². The summed E-state index contributed by atoms with van der Waals surface area (Å²) in [6.45, 7) is 0.446. The minimum atomic E-state index is -0.608. The number of nitrogen functional groups attached to an aromatic ring is 1. The third kappa shape index (κ3) is 1.99. The molecule has 1 aliphatic heterocycles. The van der Waals surface area contributed by atoms with E-state index in [9.17, 15) is 9.59 Å². The maximum Gasteiger partial charge on any atom is 0.351 e. The van der Waals surface area contributed by atoms with Crippen molar-refractivity contribution in [2.24, 2.45) is 0 Å². The van der Waals surface area contributed by atoms with Gasteiger partial charge in [-0.05, 0) is 0 Å². The summed E-state index contributed by atoms with van der Waals surface area (Å²) in [5, 5.41) is 0. The number of anilines is 2. The third-order valence-corrected chi connectivity index (χ3v) is 2.59. The number of H-pyrrole nitrogens is 1. The lowest BCUT2D eigenvalue weighted by atomic mass is 10.4. The number of hydrogen-bond donors (Lipinski definition) is 2. The van der Waals surface area contributed by atoms with Crippen LogP contribution in [0.3, 0.4) is 0 Å². The van der Waals surface area contributed by atoms with Crippen LogP contribution in [0, 0.1) is 0 Å². The number of aromatic nitrogens is 3. The van der Waals surface area contributed by atoms with Crippen LogP contribution in [0.15, 0.2) is 4.79 Å². The van der Waals surface area contributed by atoms with Crippen molar-refractivity contribution >= 4 is 33.7 Å². The third-order valence-electron chi connectivity index (χ3n) is 1.98. The zero-order valence-electron chi connectivity index (χ0n) is 7.61. The Morgan fingerprint density at radius 2 is 2.20 bits per heavy atom. The van der Waals surface area contributed by atoms with Crippen molar-refractivity contribution in [1.29, 1.82) is 0 Å². The number of nitrogens with one attached hydrogen (secondary N) is 1. The largest absolute Gasteiger partial charge is 0.369 e. The van der Waals surface area contributed by atoms with Crippen molar-refractivity contribution in [3.8, 4) is 0 Å². The maximum absolute atomic E-state index is 11.5. The Morgan fingerprint density at radius 3 is 2.73 bits per heavy atom. The molecule has 0 aromatic carbocycles. The smallest absolute Gasteiger partial charge is 0.351 e. The highest BCUT2D eigenvalue weighted by atomic mass is 79.9. The molecule has 80 valence electrons. The Hall–Kier alpha value is -1.44. The molecule has 0 bridgehead atoms. The van der Waals surface area contributed by atoms with Gasteiger partial charge in [-0.15, -0.1) is 0 Å². The van der Waals surface area contributed by atoms with Crippen LogP contribution in [0.4, 0.5) is 11.9 Å². The van der Waals surface area contributed by atoms with Crippen LogP contribution in [0.25, 0.3) is 0 Å². The molecule has 7 nitrogen and oxygen atoms in total. The maximum atomic E-state index is 11.5. The topological polar surface area (TPSA) is 105 Å². The Morgan fingerprint density at radius 1 is 1.47 bits per heavy atom. The fraction of sp³-hybridized carbons (Fsp3) is 0.429. The summed E-state index contributed by atoms with van der Waals surface area (Å²) in [6, 6.07) is 0. The molecular formula is C7H8BrN5O2. The SMILES string of the molecule is Nc1nc(N2CC(Br)CC2=O)nc(=O)[nH]1. The second-order valence-corrected chi connectivity index (χ2v) is 4.44. The molecule has 2 rings (SSSR count). The summed E-state index contributed by atoms with van der Waals surface area (Å²) in [5.41, 5.74) is 4.74. The second kappa shape index (κ2) is 3.61. The molecule has 0 aliphatic carbocycles. The van der Waals surface area contributed by atoms with Gasteiger partial charge in [0.15, 0.2) is 0 Å². The van der Waals surface area contributed by atoms with Gasteiger partial charge in [-0.3, -0.25) is 14.7 Å². The van der Waals surface area contributed by atoms with Gasteiger partial charge in [0.25, 0.3) is 0 Å². The lowest BCUT2D eigenvalue weighted by molar-refractivity contribution is -0.117. The van der Waals surface area contributed by atoms with Crippen LogP contribution < -0.4 is 16.3 Å². The van der Waals surface area contributed by atoms with Crippen molar-refractivity contribution in [2.75, 3.05) is 17.2 Å². The Bertz CT molecular complexity index is 459. The average molecular weight is 274 g/mol. The van der Waals surface area contributed by atoms with Crippen LogP contribution in [-0.2, 0) is 4.79 Å². The number of hydrogen-bond acceptors (Lipinski definition) is 5. The lowest BCUT2D eigenvalue weighted by Crippen LogP contribution is -2.30. The van der Waals surface area contributed by atoms with E-state index >= 15 is 0 Å². The first-order valence-electron chi connectivity index (χ1n) is 4.24. The van der Waals surface area contributed by atoms with Crippen LogP contribution in [0.5, 0.6) is 0 Å². The molecule has 0 saturated carbocycles. The van der Waals surface area contributed by atoms with Crippen molar-refractivity contribution in [3.05, 3.63) is 10.5 Å². The van der Waals surface area contributed by atoms with E-state index in [1.54, 1.807) is 0 Å². The van der Waals surface area contributed by atoms with E-state index in [-0.39, 0.29) is 22.6 Å². The monoisotopic (exact) mass is 273 g/mol. The van der Waals surface area contributed by atoms with E-state index in [1.807, 2.05) is 0 Å².